The molecule has 0 bridgehead atoms. The van der Waals surface area contributed by atoms with Crippen LogP contribution in [0.25, 0.3) is 11.3 Å². The molecule has 0 spiro atoms. The predicted octanol–water partition coefficient (Wildman–Crippen LogP) is 3.37. The number of carbonyl (C=O) groups is 1. The molecule has 0 aliphatic rings. The second-order valence-electron chi connectivity index (χ2n) is 4.39. The van der Waals surface area contributed by atoms with Gasteiger partial charge in [-0.05, 0) is 24.3 Å². The number of furan rings is 1. The molecule has 3 aromatic rings. The summed E-state index contributed by atoms with van der Waals surface area (Å²) < 4.78 is 9.94. The Kier molecular flexibility index (Phi) is 3.80. The van der Waals surface area contributed by atoms with Crippen LogP contribution in [0.2, 0.25) is 0 Å². The van der Waals surface area contributed by atoms with Crippen LogP contribution in [0.15, 0.2) is 46.6 Å². The van der Waals surface area contributed by atoms with Gasteiger partial charge < -0.3 is 14.3 Å². The second-order valence-corrected chi connectivity index (χ2v) is 5.25. The van der Waals surface area contributed by atoms with E-state index in [2.05, 4.69) is 10.3 Å². The van der Waals surface area contributed by atoms with Crippen molar-refractivity contribution in [3.05, 3.63) is 47.7 Å². The van der Waals surface area contributed by atoms with E-state index in [0.29, 0.717) is 22.1 Å². The number of nitrogens with zero attached hydrogens (tertiary/aromatic N) is 1. The third-order valence-corrected chi connectivity index (χ3v) is 3.74. The number of rotatable bonds is 4. The third-order valence-electron chi connectivity index (χ3n) is 2.98. The maximum absolute atomic E-state index is 11.9. The number of amides is 1. The molecule has 0 aliphatic heterocycles. The van der Waals surface area contributed by atoms with Crippen LogP contribution in [0.5, 0.6) is 11.5 Å². The van der Waals surface area contributed by atoms with Crippen molar-refractivity contribution in [3.63, 3.8) is 0 Å². The molecular formula is C15H12N2O4S. The number of aromatic hydroxyl groups is 1. The minimum atomic E-state index is -0.280. The van der Waals surface area contributed by atoms with Crippen LogP contribution < -0.4 is 10.1 Å². The van der Waals surface area contributed by atoms with Gasteiger partial charge in [0, 0.05) is 10.9 Å². The first-order valence-electron chi connectivity index (χ1n) is 6.34. The highest BCUT2D eigenvalue weighted by atomic mass is 32.1. The van der Waals surface area contributed by atoms with Gasteiger partial charge in [-0.2, -0.15) is 0 Å². The highest BCUT2D eigenvalue weighted by Gasteiger charge is 2.12. The van der Waals surface area contributed by atoms with Crippen LogP contribution in [-0.2, 0) is 0 Å². The van der Waals surface area contributed by atoms with Gasteiger partial charge in [0.2, 0.25) is 0 Å². The predicted molar refractivity (Wildman–Crippen MR) is 82.4 cm³/mol. The molecule has 112 valence electrons. The first-order valence-corrected chi connectivity index (χ1v) is 7.22. The van der Waals surface area contributed by atoms with Crippen LogP contribution in [0.3, 0.4) is 0 Å². The number of benzene rings is 1. The van der Waals surface area contributed by atoms with E-state index in [1.807, 2.05) is 5.38 Å². The molecule has 2 aromatic heterocycles. The van der Waals surface area contributed by atoms with Crippen molar-refractivity contribution in [3.8, 4) is 22.8 Å². The summed E-state index contributed by atoms with van der Waals surface area (Å²) in [6.45, 7) is 0. The summed E-state index contributed by atoms with van der Waals surface area (Å²) in [6, 6.07) is 6.53. The zero-order valence-electron chi connectivity index (χ0n) is 11.6. The Balaban J connectivity index is 1.80. The highest BCUT2D eigenvalue weighted by molar-refractivity contribution is 7.14. The molecule has 0 radical (unpaired) electrons. The van der Waals surface area contributed by atoms with E-state index in [1.54, 1.807) is 18.2 Å². The lowest BCUT2D eigenvalue weighted by molar-refractivity contribution is 0.102. The number of thiazole rings is 1. The number of nitrogens with one attached hydrogen (secondary N) is 1. The molecule has 0 saturated heterocycles. The van der Waals surface area contributed by atoms with E-state index in [0.717, 1.165) is 5.56 Å². The number of hydrogen-bond donors (Lipinski definition) is 2. The number of methoxy groups -OCH3 is 1. The molecule has 0 atom stereocenters. The van der Waals surface area contributed by atoms with E-state index in [-0.39, 0.29) is 11.7 Å². The normalized spacial score (nSPS) is 10.4. The standard InChI is InChI=1S/C15H12N2O4S/c1-20-13-6-9(2-3-12(13)18)11-8-22-15(16-11)17-14(19)10-4-5-21-7-10/h2-8,18H,1H3,(H,16,17,19). The van der Waals surface area contributed by atoms with Gasteiger partial charge in [0.1, 0.15) is 6.26 Å². The fourth-order valence-electron chi connectivity index (χ4n) is 1.86. The van der Waals surface area contributed by atoms with Gasteiger partial charge in [-0.15, -0.1) is 11.3 Å². The first kappa shape index (κ1) is 14.2. The summed E-state index contributed by atoms with van der Waals surface area (Å²) in [5, 5.41) is 14.6. The third kappa shape index (κ3) is 2.79. The smallest absolute Gasteiger partial charge is 0.260 e. The average molecular weight is 316 g/mol. The molecule has 0 saturated carbocycles. The van der Waals surface area contributed by atoms with Gasteiger partial charge in [0.25, 0.3) is 5.91 Å². The number of carbonyl (C=O) groups excluding carboxylic acids is 1. The van der Waals surface area contributed by atoms with Crippen molar-refractivity contribution in [2.75, 3.05) is 12.4 Å². The van der Waals surface area contributed by atoms with Crippen LogP contribution in [0.4, 0.5) is 5.13 Å². The van der Waals surface area contributed by atoms with Crippen molar-refractivity contribution < 1.29 is 19.1 Å². The Bertz CT molecular complexity index is 796. The number of aromatic nitrogens is 1. The maximum atomic E-state index is 11.9. The molecule has 22 heavy (non-hydrogen) atoms. The molecule has 3 rings (SSSR count). The lowest BCUT2D eigenvalue weighted by Gasteiger charge is -2.04. The van der Waals surface area contributed by atoms with Gasteiger partial charge in [-0.3, -0.25) is 10.1 Å². The van der Waals surface area contributed by atoms with Crippen LogP contribution in [0, 0.1) is 0 Å². The van der Waals surface area contributed by atoms with Crippen molar-refractivity contribution in [2.24, 2.45) is 0 Å². The van der Waals surface area contributed by atoms with E-state index in [1.165, 1.54) is 37.0 Å². The summed E-state index contributed by atoms with van der Waals surface area (Å²) in [4.78, 5) is 16.3. The fourth-order valence-corrected chi connectivity index (χ4v) is 2.58. The molecule has 1 aromatic carbocycles. The molecule has 7 heteroatoms. The Morgan fingerprint density at radius 2 is 2.27 bits per heavy atom. The number of phenols is 1. The minimum Gasteiger partial charge on any atom is -0.504 e. The van der Waals surface area contributed by atoms with Gasteiger partial charge in [-0.25, -0.2) is 4.98 Å². The average Bonchev–Trinajstić information content (AvgIpc) is 3.19. The van der Waals surface area contributed by atoms with Gasteiger partial charge in [0.15, 0.2) is 16.6 Å². The lowest BCUT2D eigenvalue weighted by Crippen LogP contribution is -2.10. The van der Waals surface area contributed by atoms with Crippen molar-refractivity contribution in [1.29, 1.82) is 0 Å². The monoisotopic (exact) mass is 316 g/mol. The van der Waals surface area contributed by atoms with Gasteiger partial charge >= 0.3 is 0 Å². The van der Waals surface area contributed by atoms with Gasteiger partial charge in [0.05, 0.1) is 24.6 Å². The topological polar surface area (TPSA) is 84.6 Å². The quantitative estimate of drug-likeness (QED) is 0.771. The summed E-state index contributed by atoms with van der Waals surface area (Å²) >= 11 is 1.31. The fraction of sp³-hybridized carbons (Fsp3) is 0.0667. The van der Waals surface area contributed by atoms with E-state index < -0.39 is 0 Å². The number of phenolic OH excluding ortho intramolecular Hbond substituents is 1. The maximum Gasteiger partial charge on any atom is 0.260 e. The molecular weight excluding hydrogens is 304 g/mol. The van der Waals surface area contributed by atoms with Crippen LogP contribution in [-0.4, -0.2) is 23.1 Å². The van der Waals surface area contributed by atoms with E-state index >= 15 is 0 Å². The van der Waals surface area contributed by atoms with Crippen LogP contribution in [0.1, 0.15) is 10.4 Å². The number of hydrogen-bond acceptors (Lipinski definition) is 6. The van der Waals surface area contributed by atoms with Crippen molar-refractivity contribution in [1.82, 2.24) is 4.98 Å². The van der Waals surface area contributed by atoms with E-state index in [9.17, 15) is 9.90 Å². The zero-order chi connectivity index (χ0) is 15.5. The SMILES string of the molecule is COc1cc(-c2csc(NC(=O)c3ccoc3)n2)ccc1O. The zero-order valence-corrected chi connectivity index (χ0v) is 12.4. The largest absolute Gasteiger partial charge is 0.504 e. The Morgan fingerprint density at radius 1 is 1.41 bits per heavy atom. The van der Waals surface area contributed by atoms with Crippen molar-refractivity contribution in [2.45, 2.75) is 0 Å². The first-order chi connectivity index (χ1) is 10.7. The Labute approximate surface area is 130 Å². The summed E-state index contributed by atoms with van der Waals surface area (Å²) in [5.74, 6) is 0.155. The second kappa shape index (κ2) is 5.90. The van der Waals surface area contributed by atoms with Crippen LogP contribution >= 0.6 is 11.3 Å². The molecule has 2 heterocycles. The molecule has 0 aliphatic carbocycles. The minimum absolute atomic E-state index is 0.0648. The molecule has 0 fully saturated rings. The number of anilines is 1. The lowest BCUT2D eigenvalue weighted by atomic mass is 10.1. The number of ether oxygens (including phenoxy) is 1. The molecule has 6 nitrogen and oxygen atoms in total. The molecule has 1 amide bonds. The highest BCUT2D eigenvalue weighted by Crippen LogP contribution is 2.32. The van der Waals surface area contributed by atoms with E-state index in [4.69, 9.17) is 9.15 Å². The molecule has 0 unspecified atom stereocenters. The van der Waals surface area contributed by atoms with Crippen molar-refractivity contribution >= 4 is 22.4 Å². The Hall–Kier alpha value is -2.80. The molecule has 2 N–H and O–H groups in total. The summed E-state index contributed by atoms with van der Waals surface area (Å²) in [5.41, 5.74) is 1.91. The Morgan fingerprint density at radius 3 is 3.00 bits per heavy atom. The summed E-state index contributed by atoms with van der Waals surface area (Å²) in [7, 11) is 1.48. The van der Waals surface area contributed by atoms with Gasteiger partial charge in [-0.1, -0.05) is 0 Å². The summed E-state index contributed by atoms with van der Waals surface area (Å²) in [6.07, 6.45) is 2.81.